The Kier molecular flexibility index (Phi) is 6.08. The molecule has 2 heterocycles. The van der Waals surface area contributed by atoms with E-state index in [9.17, 15) is 0 Å². The monoisotopic (exact) mass is 447 g/mol. The number of benzene rings is 3. The van der Waals surface area contributed by atoms with E-state index in [1.54, 1.807) is 14.2 Å². The van der Waals surface area contributed by atoms with Gasteiger partial charge < -0.3 is 9.47 Å². The summed E-state index contributed by atoms with van der Waals surface area (Å²) in [5, 5.41) is 6.04. The Hall–Kier alpha value is -4.38. The zero-order valence-electron chi connectivity index (χ0n) is 19.2. The fourth-order valence-corrected chi connectivity index (χ4v) is 3.97. The van der Waals surface area contributed by atoms with Crippen LogP contribution in [-0.2, 0) is 6.54 Å². The zero-order chi connectivity index (χ0) is 23.3. The number of para-hydroxylation sites is 1. The zero-order valence-corrected chi connectivity index (χ0v) is 19.2. The molecule has 2 aromatic heterocycles. The summed E-state index contributed by atoms with van der Waals surface area (Å²) >= 11 is 0. The summed E-state index contributed by atoms with van der Waals surface area (Å²) in [5.41, 5.74) is 5.88. The van der Waals surface area contributed by atoms with E-state index in [1.807, 2.05) is 71.4 Å². The molecule has 5 nitrogen and oxygen atoms in total. The van der Waals surface area contributed by atoms with Crippen molar-refractivity contribution in [1.82, 2.24) is 14.8 Å². The largest absolute Gasteiger partial charge is 0.493 e. The standard InChI is InChI=1S/C29H25N3O2/c1-33-27-17-14-23(18-28(27)34-2)29-24(20-32(31-29)19-21-8-4-3-5-9-21)13-16-25-15-12-22-10-6-7-11-26(22)30-25/h3-18,20H,19H2,1-2H3. The first-order valence-corrected chi connectivity index (χ1v) is 11.1. The fraction of sp³-hybridized carbons (Fsp3) is 0.103. The highest BCUT2D eigenvalue weighted by Crippen LogP contribution is 2.33. The Labute approximate surface area is 198 Å². The summed E-state index contributed by atoms with van der Waals surface area (Å²) < 4.78 is 12.9. The van der Waals surface area contributed by atoms with Crippen molar-refractivity contribution in [2.24, 2.45) is 0 Å². The van der Waals surface area contributed by atoms with Gasteiger partial charge in [0.25, 0.3) is 0 Å². The number of methoxy groups -OCH3 is 2. The maximum absolute atomic E-state index is 5.52. The third kappa shape index (κ3) is 4.55. The molecule has 0 amide bonds. The van der Waals surface area contributed by atoms with Gasteiger partial charge in [-0.3, -0.25) is 4.68 Å². The van der Waals surface area contributed by atoms with Crippen LogP contribution in [0.15, 0.2) is 91.1 Å². The fourth-order valence-electron chi connectivity index (χ4n) is 3.97. The van der Waals surface area contributed by atoms with Crippen LogP contribution in [0, 0.1) is 0 Å². The average Bonchev–Trinajstić information content (AvgIpc) is 3.29. The van der Waals surface area contributed by atoms with Crippen LogP contribution in [0.25, 0.3) is 34.3 Å². The summed E-state index contributed by atoms with van der Waals surface area (Å²) in [6, 6.07) is 28.4. The number of ether oxygens (including phenoxy) is 2. The first-order chi connectivity index (χ1) is 16.7. The lowest BCUT2D eigenvalue weighted by atomic mass is 10.1. The molecule has 0 unspecified atom stereocenters. The lowest BCUT2D eigenvalue weighted by molar-refractivity contribution is 0.355. The van der Waals surface area contributed by atoms with Crippen LogP contribution in [0.4, 0.5) is 0 Å². The van der Waals surface area contributed by atoms with Crippen molar-refractivity contribution in [1.29, 1.82) is 0 Å². The van der Waals surface area contributed by atoms with E-state index in [4.69, 9.17) is 19.6 Å². The smallest absolute Gasteiger partial charge is 0.161 e. The van der Waals surface area contributed by atoms with Gasteiger partial charge in [-0.1, -0.05) is 54.6 Å². The van der Waals surface area contributed by atoms with Crippen molar-refractivity contribution in [2.75, 3.05) is 14.2 Å². The first kappa shape index (κ1) is 21.5. The molecule has 0 aliphatic heterocycles. The van der Waals surface area contributed by atoms with Gasteiger partial charge in [-0.05, 0) is 48.0 Å². The quantitative estimate of drug-likeness (QED) is 0.292. The summed E-state index contributed by atoms with van der Waals surface area (Å²) in [6.07, 6.45) is 6.16. The molecule has 0 spiro atoms. The van der Waals surface area contributed by atoms with Crippen LogP contribution >= 0.6 is 0 Å². The number of nitrogens with zero attached hydrogens (tertiary/aromatic N) is 3. The summed E-state index contributed by atoms with van der Waals surface area (Å²) in [4.78, 5) is 4.77. The van der Waals surface area contributed by atoms with Gasteiger partial charge in [-0.15, -0.1) is 0 Å². The topological polar surface area (TPSA) is 49.2 Å². The van der Waals surface area contributed by atoms with E-state index in [2.05, 4.69) is 36.5 Å². The van der Waals surface area contributed by atoms with Gasteiger partial charge in [0.1, 0.15) is 0 Å². The molecular weight excluding hydrogens is 422 g/mol. The number of rotatable bonds is 7. The number of pyridine rings is 1. The highest BCUT2D eigenvalue weighted by atomic mass is 16.5. The maximum atomic E-state index is 5.52. The minimum Gasteiger partial charge on any atom is -0.493 e. The van der Waals surface area contributed by atoms with Crippen molar-refractivity contribution in [3.05, 3.63) is 108 Å². The van der Waals surface area contributed by atoms with Gasteiger partial charge in [0.05, 0.1) is 37.7 Å². The minimum atomic E-state index is 0.670. The predicted molar refractivity (Wildman–Crippen MR) is 137 cm³/mol. The van der Waals surface area contributed by atoms with Crippen LogP contribution in [-0.4, -0.2) is 29.0 Å². The summed E-state index contributed by atoms with van der Waals surface area (Å²) in [6.45, 7) is 0.684. The van der Waals surface area contributed by atoms with Gasteiger partial charge in [0.2, 0.25) is 0 Å². The van der Waals surface area contributed by atoms with Crippen molar-refractivity contribution in [2.45, 2.75) is 6.54 Å². The minimum absolute atomic E-state index is 0.670. The lowest BCUT2D eigenvalue weighted by Crippen LogP contribution is -2.00. The first-order valence-electron chi connectivity index (χ1n) is 11.1. The third-order valence-electron chi connectivity index (χ3n) is 5.69. The second-order valence-corrected chi connectivity index (χ2v) is 7.95. The molecule has 0 fully saturated rings. The molecule has 0 radical (unpaired) electrons. The lowest BCUT2D eigenvalue weighted by Gasteiger charge is -2.09. The van der Waals surface area contributed by atoms with Gasteiger partial charge in [0.15, 0.2) is 11.5 Å². The van der Waals surface area contributed by atoms with Crippen LogP contribution in [0.3, 0.4) is 0 Å². The second-order valence-electron chi connectivity index (χ2n) is 7.95. The Bertz CT molecular complexity index is 1460. The van der Waals surface area contributed by atoms with Crippen molar-refractivity contribution in [3.8, 4) is 22.8 Å². The SMILES string of the molecule is COc1ccc(-c2nn(Cc3ccccc3)cc2C=Cc2ccc3ccccc3n2)cc1OC. The summed E-state index contributed by atoms with van der Waals surface area (Å²) in [7, 11) is 3.28. The molecule has 0 saturated carbocycles. The number of aromatic nitrogens is 3. The van der Waals surface area contributed by atoms with Crippen LogP contribution in [0.2, 0.25) is 0 Å². The average molecular weight is 448 g/mol. The van der Waals surface area contributed by atoms with E-state index < -0.39 is 0 Å². The molecule has 168 valence electrons. The second kappa shape index (κ2) is 9.63. The molecule has 5 rings (SSSR count). The molecule has 3 aromatic carbocycles. The molecule has 0 atom stereocenters. The molecule has 0 aliphatic rings. The molecular formula is C29H25N3O2. The van der Waals surface area contributed by atoms with E-state index in [-0.39, 0.29) is 0 Å². The molecule has 34 heavy (non-hydrogen) atoms. The Balaban J connectivity index is 1.54. The molecule has 0 saturated heterocycles. The molecule has 0 N–H and O–H groups in total. The van der Waals surface area contributed by atoms with Crippen LogP contribution < -0.4 is 9.47 Å². The molecule has 0 bridgehead atoms. The van der Waals surface area contributed by atoms with E-state index in [0.29, 0.717) is 18.0 Å². The Morgan fingerprint density at radius 3 is 2.41 bits per heavy atom. The number of fused-ring (bicyclic) bond motifs is 1. The third-order valence-corrected chi connectivity index (χ3v) is 5.69. The van der Waals surface area contributed by atoms with Crippen LogP contribution in [0.5, 0.6) is 11.5 Å². The van der Waals surface area contributed by atoms with Crippen molar-refractivity contribution < 1.29 is 9.47 Å². The number of hydrogen-bond acceptors (Lipinski definition) is 4. The highest BCUT2D eigenvalue weighted by Gasteiger charge is 2.13. The molecule has 5 heteroatoms. The highest BCUT2D eigenvalue weighted by molar-refractivity contribution is 5.82. The maximum Gasteiger partial charge on any atom is 0.161 e. The Morgan fingerprint density at radius 1 is 0.794 bits per heavy atom. The van der Waals surface area contributed by atoms with E-state index >= 15 is 0 Å². The molecule has 0 aliphatic carbocycles. The van der Waals surface area contributed by atoms with E-state index in [1.165, 1.54) is 5.56 Å². The van der Waals surface area contributed by atoms with E-state index in [0.717, 1.165) is 33.4 Å². The summed E-state index contributed by atoms with van der Waals surface area (Å²) in [5.74, 6) is 1.36. The van der Waals surface area contributed by atoms with Crippen molar-refractivity contribution in [3.63, 3.8) is 0 Å². The molecule has 5 aromatic rings. The Morgan fingerprint density at radius 2 is 1.59 bits per heavy atom. The number of hydrogen-bond donors (Lipinski definition) is 0. The van der Waals surface area contributed by atoms with Crippen LogP contribution in [0.1, 0.15) is 16.8 Å². The van der Waals surface area contributed by atoms with Gasteiger partial charge >= 0.3 is 0 Å². The van der Waals surface area contributed by atoms with Gasteiger partial charge in [-0.25, -0.2) is 4.98 Å². The van der Waals surface area contributed by atoms with Gasteiger partial charge in [0, 0.05) is 22.7 Å². The van der Waals surface area contributed by atoms with Crippen molar-refractivity contribution >= 4 is 23.1 Å². The predicted octanol–water partition coefficient (Wildman–Crippen LogP) is 6.33. The van der Waals surface area contributed by atoms with Gasteiger partial charge in [-0.2, -0.15) is 5.10 Å². The normalized spacial score (nSPS) is 11.2.